The topological polar surface area (TPSA) is 52.7 Å². The molecule has 3 aromatic rings. The second-order valence-electron chi connectivity index (χ2n) is 8.34. The molecule has 0 unspecified atom stereocenters. The molecule has 1 saturated heterocycles. The average molecular weight is 428 g/mol. The normalized spacial score (nSPS) is 16.7. The highest BCUT2D eigenvalue weighted by Gasteiger charge is 2.36. The highest BCUT2D eigenvalue weighted by atomic mass is 16.2. The first kappa shape index (κ1) is 21.8. The van der Waals surface area contributed by atoms with E-state index in [9.17, 15) is 9.59 Å². The molecule has 5 heteroatoms. The zero-order valence-corrected chi connectivity index (χ0v) is 18.4. The summed E-state index contributed by atoms with van der Waals surface area (Å²) in [6.07, 6.45) is 0.130. The Bertz CT molecular complexity index is 1050. The number of carbonyl (C=O) groups excluding carboxylic acids is 2. The molecule has 0 spiro atoms. The lowest BCUT2D eigenvalue weighted by Crippen LogP contribution is -2.57. The zero-order valence-electron chi connectivity index (χ0n) is 18.4. The van der Waals surface area contributed by atoms with E-state index in [2.05, 4.69) is 22.3 Å². The van der Waals surface area contributed by atoms with Gasteiger partial charge in [0.25, 0.3) is 0 Å². The molecule has 1 fully saturated rings. The molecule has 0 aromatic heterocycles. The summed E-state index contributed by atoms with van der Waals surface area (Å²) in [4.78, 5) is 30.4. The average Bonchev–Trinajstić information content (AvgIpc) is 2.79. The van der Waals surface area contributed by atoms with Crippen molar-refractivity contribution in [2.75, 3.05) is 18.4 Å². The fourth-order valence-electron chi connectivity index (χ4n) is 4.18. The lowest BCUT2D eigenvalue weighted by molar-refractivity contribution is -0.145. The number of nitrogens with one attached hydrogen (secondary N) is 1. The Morgan fingerprint density at radius 2 is 1.53 bits per heavy atom. The molecule has 2 amide bonds. The van der Waals surface area contributed by atoms with Crippen LogP contribution in [-0.2, 0) is 22.7 Å². The van der Waals surface area contributed by atoms with Gasteiger partial charge < -0.3 is 10.2 Å². The number of benzene rings is 3. The molecule has 0 radical (unpaired) electrons. The molecule has 0 aliphatic carbocycles. The zero-order chi connectivity index (χ0) is 22.3. The Labute approximate surface area is 189 Å². The van der Waals surface area contributed by atoms with Crippen LogP contribution in [0.25, 0.3) is 0 Å². The van der Waals surface area contributed by atoms with Gasteiger partial charge in [-0.3, -0.25) is 14.5 Å². The molecule has 0 bridgehead atoms. The fourth-order valence-corrected chi connectivity index (χ4v) is 4.18. The van der Waals surface area contributed by atoms with Crippen molar-refractivity contribution >= 4 is 17.5 Å². The van der Waals surface area contributed by atoms with E-state index in [1.807, 2.05) is 84.6 Å². The smallest absolute Gasteiger partial charge is 0.240 e. The highest BCUT2D eigenvalue weighted by Crippen LogP contribution is 2.21. The summed E-state index contributed by atoms with van der Waals surface area (Å²) in [6, 6.07) is 27.3. The van der Waals surface area contributed by atoms with E-state index in [0.717, 1.165) is 28.9 Å². The molecule has 1 N–H and O–H groups in total. The summed E-state index contributed by atoms with van der Waals surface area (Å²) >= 11 is 0. The van der Waals surface area contributed by atoms with Gasteiger partial charge in [0.2, 0.25) is 11.8 Å². The van der Waals surface area contributed by atoms with Crippen LogP contribution in [0, 0.1) is 6.92 Å². The Kier molecular flexibility index (Phi) is 6.97. The van der Waals surface area contributed by atoms with E-state index >= 15 is 0 Å². The van der Waals surface area contributed by atoms with Gasteiger partial charge in [-0.25, -0.2) is 0 Å². The van der Waals surface area contributed by atoms with Crippen LogP contribution in [0.3, 0.4) is 0 Å². The molecule has 1 atom stereocenters. The highest BCUT2D eigenvalue weighted by molar-refractivity contribution is 5.95. The Balaban J connectivity index is 1.50. The first-order valence-corrected chi connectivity index (χ1v) is 11.1. The molecule has 5 nitrogen and oxygen atoms in total. The molecular weight excluding hydrogens is 398 g/mol. The van der Waals surface area contributed by atoms with Crippen molar-refractivity contribution in [3.05, 3.63) is 102 Å². The summed E-state index contributed by atoms with van der Waals surface area (Å²) in [5, 5.41) is 2.96. The summed E-state index contributed by atoms with van der Waals surface area (Å²) in [5.74, 6) is -0.135. The van der Waals surface area contributed by atoms with Gasteiger partial charge in [0.1, 0.15) is 0 Å². The maximum Gasteiger partial charge on any atom is 0.240 e. The van der Waals surface area contributed by atoms with Crippen LogP contribution in [0.5, 0.6) is 0 Å². The predicted molar refractivity (Wildman–Crippen MR) is 127 cm³/mol. The molecular formula is C27H29N3O2. The first-order valence-electron chi connectivity index (χ1n) is 11.1. The molecule has 3 aromatic carbocycles. The predicted octanol–water partition coefficient (Wildman–Crippen LogP) is 4.24. The van der Waals surface area contributed by atoms with E-state index in [-0.39, 0.29) is 18.2 Å². The third-order valence-corrected chi connectivity index (χ3v) is 5.82. The Hall–Kier alpha value is -3.44. The molecule has 1 aliphatic rings. The van der Waals surface area contributed by atoms with Crippen LogP contribution < -0.4 is 5.32 Å². The summed E-state index contributed by atoms with van der Waals surface area (Å²) in [7, 11) is 0. The number of anilines is 1. The van der Waals surface area contributed by atoms with Crippen LogP contribution in [-0.4, -0.2) is 40.7 Å². The third kappa shape index (κ3) is 5.62. The lowest BCUT2D eigenvalue weighted by Gasteiger charge is -2.40. The van der Waals surface area contributed by atoms with Crippen LogP contribution in [0.4, 0.5) is 5.69 Å². The van der Waals surface area contributed by atoms with Crippen LogP contribution in [0.15, 0.2) is 84.9 Å². The lowest BCUT2D eigenvalue weighted by atomic mass is 10.0. The second-order valence-corrected chi connectivity index (χ2v) is 8.34. The Morgan fingerprint density at radius 1 is 0.875 bits per heavy atom. The Morgan fingerprint density at radius 3 is 2.19 bits per heavy atom. The van der Waals surface area contributed by atoms with E-state index in [1.54, 1.807) is 0 Å². The van der Waals surface area contributed by atoms with Crippen molar-refractivity contribution in [3.63, 3.8) is 0 Å². The molecule has 4 rings (SSSR count). The van der Waals surface area contributed by atoms with Crippen molar-refractivity contribution in [1.82, 2.24) is 9.80 Å². The largest absolute Gasteiger partial charge is 0.336 e. The van der Waals surface area contributed by atoms with Gasteiger partial charge >= 0.3 is 0 Å². The third-order valence-electron chi connectivity index (χ3n) is 5.82. The summed E-state index contributed by atoms with van der Waals surface area (Å²) < 4.78 is 0. The minimum absolute atomic E-state index is 0.00965. The summed E-state index contributed by atoms with van der Waals surface area (Å²) in [5.41, 5.74) is 4.08. The van der Waals surface area contributed by atoms with Crippen molar-refractivity contribution in [3.8, 4) is 0 Å². The van der Waals surface area contributed by atoms with Crippen molar-refractivity contribution in [1.29, 1.82) is 0 Å². The number of hydrogen-bond donors (Lipinski definition) is 1. The molecule has 32 heavy (non-hydrogen) atoms. The van der Waals surface area contributed by atoms with Crippen molar-refractivity contribution in [2.45, 2.75) is 32.5 Å². The standard InChI is InChI=1S/C27H29N3O2/c1-21-9-8-14-24(17-21)28-26(31)18-25-27(32)30(20-23-12-6-3-7-13-23)16-15-29(25)19-22-10-4-2-5-11-22/h2-14,17,25H,15-16,18-20H2,1H3,(H,28,31)/t25-/m0/s1. The van der Waals surface area contributed by atoms with E-state index < -0.39 is 6.04 Å². The van der Waals surface area contributed by atoms with Gasteiger partial charge in [0, 0.05) is 31.9 Å². The van der Waals surface area contributed by atoms with Gasteiger partial charge in [-0.05, 0) is 35.7 Å². The van der Waals surface area contributed by atoms with Gasteiger partial charge in [-0.15, -0.1) is 0 Å². The quantitative estimate of drug-likeness (QED) is 0.614. The molecule has 1 aliphatic heterocycles. The molecule has 164 valence electrons. The van der Waals surface area contributed by atoms with Gasteiger partial charge in [0.05, 0.1) is 12.5 Å². The maximum absolute atomic E-state index is 13.5. The van der Waals surface area contributed by atoms with Crippen molar-refractivity contribution in [2.24, 2.45) is 0 Å². The number of rotatable bonds is 7. The first-order chi connectivity index (χ1) is 15.6. The second kappa shape index (κ2) is 10.2. The molecule has 0 saturated carbocycles. The van der Waals surface area contributed by atoms with Crippen molar-refractivity contribution < 1.29 is 9.59 Å². The van der Waals surface area contributed by atoms with E-state index in [0.29, 0.717) is 19.6 Å². The fraction of sp³-hybridized carbons (Fsp3) is 0.259. The number of hydrogen-bond acceptors (Lipinski definition) is 3. The monoisotopic (exact) mass is 427 g/mol. The minimum atomic E-state index is -0.488. The van der Waals surface area contributed by atoms with Gasteiger partial charge in [0.15, 0.2) is 0 Å². The summed E-state index contributed by atoms with van der Waals surface area (Å²) in [6.45, 7) is 4.58. The van der Waals surface area contributed by atoms with Crippen LogP contribution in [0.1, 0.15) is 23.1 Å². The number of nitrogens with zero attached hydrogens (tertiary/aromatic N) is 2. The minimum Gasteiger partial charge on any atom is -0.336 e. The SMILES string of the molecule is Cc1cccc(NC(=O)C[C@H]2C(=O)N(Cc3ccccc3)CCN2Cc2ccccc2)c1. The molecule has 1 heterocycles. The van der Waals surface area contributed by atoms with Gasteiger partial charge in [-0.1, -0.05) is 72.8 Å². The number of aryl methyl sites for hydroxylation is 1. The van der Waals surface area contributed by atoms with E-state index in [4.69, 9.17) is 0 Å². The van der Waals surface area contributed by atoms with Gasteiger partial charge in [-0.2, -0.15) is 0 Å². The number of piperazine rings is 1. The number of carbonyl (C=O) groups is 2. The maximum atomic E-state index is 13.5. The number of amides is 2. The van der Waals surface area contributed by atoms with Crippen LogP contribution in [0.2, 0.25) is 0 Å². The van der Waals surface area contributed by atoms with Crippen LogP contribution >= 0.6 is 0 Å². The van der Waals surface area contributed by atoms with E-state index in [1.165, 1.54) is 0 Å².